The van der Waals surface area contributed by atoms with Crippen molar-refractivity contribution in [2.75, 3.05) is 24.5 Å². The Hall–Kier alpha value is -3.29. The van der Waals surface area contributed by atoms with E-state index in [4.69, 9.17) is 0 Å². The number of anilines is 1. The predicted octanol–water partition coefficient (Wildman–Crippen LogP) is 0.770. The highest BCUT2D eigenvalue weighted by molar-refractivity contribution is 6.21. The average Bonchev–Trinajstić information content (AvgIpc) is 2.92. The summed E-state index contributed by atoms with van der Waals surface area (Å²) >= 11 is 0. The molecular weight excluding hydrogens is 322 g/mol. The minimum absolute atomic E-state index is 0.156. The van der Waals surface area contributed by atoms with Crippen LogP contribution in [0.5, 0.6) is 0 Å². The molecule has 1 aromatic heterocycles. The molecule has 0 N–H and O–H groups in total. The largest absolute Gasteiger partial charge is 0.333 e. The van der Waals surface area contributed by atoms with Crippen molar-refractivity contribution in [3.8, 4) is 0 Å². The molecule has 2 aliphatic rings. The van der Waals surface area contributed by atoms with Crippen molar-refractivity contribution < 1.29 is 14.4 Å². The number of nitrogens with zero attached hydrogens (tertiary/aromatic N) is 5. The molecule has 2 saturated heterocycles. The molecule has 2 fully saturated rings. The predicted molar refractivity (Wildman–Crippen MR) is 87.8 cm³/mol. The molecule has 126 valence electrons. The van der Waals surface area contributed by atoms with Crippen LogP contribution in [0, 0.1) is 0 Å². The second kappa shape index (κ2) is 5.97. The number of amides is 4. The van der Waals surface area contributed by atoms with E-state index in [0.717, 1.165) is 0 Å². The lowest BCUT2D eigenvalue weighted by Crippen LogP contribution is -2.54. The fourth-order valence-corrected chi connectivity index (χ4v) is 3.17. The summed E-state index contributed by atoms with van der Waals surface area (Å²) in [5.41, 5.74) is 0.770. The third-order valence-electron chi connectivity index (χ3n) is 4.41. The number of benzene rings is 1. The van der Waals surface area contributed by atoms with Crippen molar-refractivity contribution in [3.63, 3.8) is 0 Å². The monoisotopic (exact) mass is 337 g/mol. The molecule has 0 spiro atoms. The first-order chi connectivity index (χ1) is 12.2. The van der Waals surface area contributed by atoms with Gasteiger partial charge in [0.2, 0.25) is 0 Å². The van der Waals surface area contributed by atoms with Crippen molar-refractivity contribution in [1.82, 2.24) is 19.8 Å². The van der Waals surface area contributed by atoms with Gasteiger partial charge in [0.1, 0.15) is 11.7 Å². The van der Waals surface area contributed by atoms with Crippen LogP contribution in [0.2, 0.25) is 0 Å². The van der Waals surface area contributed by atoms with Crippen LogP contribution in [0.3, 0.4) is 0 Å². The first-order valence-corrected chi connectivity index (χ1v) is 7.92. The number of aromatic nitrogens is 2. The molecule has 4 rings (SSSR count). The molecule has 1 aromatic carbocycles. The second-order valence-corrected chi connectivity index (χ2v) is 5.84. The first kappa shape index (κ1) is 15.3. The van der Waals surface area contributed by atoms with E-state index in [2.05, 4.69) is 9.97 Å². The SMILES string of the molecule is O=C(c1cnccn1)N1CCN2C(=O)N(c3ccccc3)C(=O)[C@@H]2C1. The Morgan fingerprint density at radius 3 is 2.60 bits per heavy atom. The zero-order valence-corrected chi connectivity index (χ0v) is 13.3. The van der Waals surface area contributed by atoms with Gasteiger partial charge in [0, 0.05) is 25.5 Å². The van der Waals surface area contributed by atoms with Crippen molar-refractivity contribution in [2.45, 2.75) is 6.04 Å². The number of carbonyl (C=O) groups is 3. The van der Waals surface area contributed by atoms with Gasteiger partial charge < -0.3 is 9.80 Å². The minimum Gasteiger partial charge on any atom is -0.333 e. The van der Waals surface area contributed by atoms with Crippen LogP contribution in [-0.4, -0.2) is 63.3 Å². The van der Waals surface area contributed by atoms with Gasteiger partial charge in [-0.25, -0.2) is 14.7 Å². The molecule has 25 heavy (non-hydrogen) atoms. The molecule has 3 heterocycles. The number of hydrogen-bond acceptors (Lipinski definition) is 5. The van der Waals surface area contributed by atoms with Gasteiger partial charge in [0.25, 0.3) is 11.8 Å². The summed E-state index contributed by atoms with van der Waals surface area (Å²) in [6, 6.07) is 7.81. The summed E-state index contributed by atoms with van der Waals surface area (Å²) in [6.07, 6.45) is 4.34. The van der Waals surface area contributed by atoms with Gasteiger partial charge in [-0.3, -0.25) is 14.6 Å². The van der Waals surface area contributed by atoms with Gasteiger partial charge >= 0.3 is 6.03 Å². The molecule has 0 saturated carbocycles. The number of hydrogen-bond donors (Lipinski definition) is 0. The maximum absolute atomic E-state index is 12.8. The van der Waals surface area contributed by atoms with Crippen molar-refractivity contribution in [3.05, 3.63) is 54.6 Å². The lowest BCUT2D eigenvalue weighted by Gasteiger charge is -2.35. The number of piperazine rings is 1. The Morgan fingerprint density at radius 1 is 1.08 bits per heavy atom. The maximum atomic E-state index is 12.8. The Labute approximate surface area is 143 Å². The lowest BCUT2D eigenvalue weighted by atomic mass is 10.1. The van der Waals surface area contributed by atoms with E-state index in [-0.39, 0.29) is 30.1 Å². The van der Waals surface area contributed by atoms with E-state index in [1.165, 1.54) is 28.4 Å². The van der Waals surface area contributed by atoms with E-state index in [9.17, 15) is 14.4 Å². The van der Waals surface area contributed by atoms with Gasteiger partial charge in [0.15, 0.2) is 0 Å². The van der Waals surface area contributed by atoms with Crippen molar-refractivity contribution in [2.24, 2.45) is 0 Å². The topological polar surface area (TPSA) is 86.7 Å². The second-order valence-electron chi connectivity index (χ2n) is 5.84. The number of urea groups is 1. The van der Waals surface area contributed by atoms with E-state index in [1.54, 1.807) is 29.2 Å². The average molecular weight is 337 g/mol. The standard InChI is InChI=1S/C17H15N5O3/c23-15(13-10-18-6-7-19-13)20-8-9-21-14(11-20)16(24)22(17(21)25)12-4-2-1-3-5-12/h1-7,10,14H,8-9,11H2/t14-/m0/s1. The van der Waals surface area contributed by atoms with Crippen LogP contribution in [0.15, 0.2) is 48.9 Å². The van der Waals surface area contributed by atoms with Gasteiger partial charge in [-0.1, -0.05) is 18.2 Å². The normalized spacial score (nSPS) is 20.0. The molecule has 2 aromatic rings. The molecule has 1 atom stereocenters. The minimum atomic E-state index is -0.665. The maximum Gasteiger partial charge on any atom is 0.332 e. The van der Waals surface area contributed by atoms with Crippen LogP contribution in [0.1, 0.15) is 10.5 Å². The van der Waals surface area contributed by atoms with Crippen LogP contribution < -0.4 is 4.90 Å². The summed E-state index contributed by atoms with van der Waals surface area (Å²) in [6.45, 7) is 0.821. The number of carbonyl (C=O) groups excluding carboxylic acids is 3. The Kier molecular flexibility index (Phi) is 3.64. The quantitative estimate of drug-likeness (QED) is 0.756. The Morgan fingerprint density at radius 2 is 1.88 bits per heavy atom. The smallest absolute Gasteiger partial charge is 0.332 e. The molecule has 0 unspecified atom stereocenters. The number of para-hydroxylation sites is 1. The molecule has 8 nitrogen and oxygen atoms in total. The summed E-state index contributed by atoms with van der Waals surface area (Å²) in [5.74, 6) is -0.598. The van der Waals surface area contributed by atoms with Gasteiger partial charge in [-0.15, -0.1) is 0 Å². The van der Waals surface area contributed by atoms with Crippen molar-refractivity contribution in [1.29, 1.82) is 0 Å². The highest BCUT2D eigenvalue weighted by Crippen LogP contribution is 2.27. The summed E-state index contributed by atoms with van der Waals surface area (Å²) in [4.78, 5) is 50.0. The van der Waals surface area contributed by atoms with Crippen LogP contribution in [0.25, 0.3) is 0 Å². The third kappa shape index (κ3) is 2.51. The molecule has 0 bridgehead atoms. The fourth-order valence-electron chi connectivity index (χ4n) is 3.17. The fraction of sp³-hybridized carbons (Fsp3) is 0.235. The molecule has 8 heteroatoms. The third-order valence-corrected chi connectivity index (χ3v) is 4.41. The van der Waals surface area contributed by atoms with E-state index in [1.807, 2.05) is 6.07 Å². The molecule has 2 aliphatic heterocycles. The highest BCUT2D eigenvalue weighted by Gasteiger charge is 2.49. The van der Waals surface area contributed by atoms with E-state index >= 15 is 0 Å². The molecule has 0 aliphatic carbocycles. The van der Waals surface area contributed by atoms with Crippen LogP contribution in [0.4, 0.5) is 10.5 Å². The van der Waals surface area contributed by atoms with Gasteiger partial charge in [0.05, 0.1) is 18.4 Å². The van der Waals surface area contributed by atoms with Crippen LogP contribution >= 0.6 is 0 Å². The number of fused-ring (bicyclic) bond motifs is 1. The lowest BCUT2D eigenvalue weighted by molar-refractivity contribution is -0.120. The van der Waals surface area contributed by atoms with Crippen molar-refractivity contribution >= 4 is 23.5 Å². The van der Waals surface area contributed by atoms with Gasteiger partial charge in [-0.05, 0) is 12.1 Å². The summed E-state index contributed by atoms with van der Waals surface area (Å²) < 4.78 is 0. The number of rotatable bonds is 2. The Bertz CT molecular complexity index is 827. The zero-order chi connectivity index (χ0) is 17.4. The van der Waals surface area contributed by atoms with E-state index < -0.39 is 6.04 Å². The zero-order valence-electron chi connectivity index (χ0n) is 13.3. The molecule has 0 radical (unpaired) electrons. The summed E-state index contributed by atoms with van der Waals surface area (Å²) in [5, 5.41) is 0. The Balaban J connectivity index is 1.56. The highest BCUT2D eigenvalue weighted by atomic mass is 16.2. The van der Waals surface area contributed by atoms with Gasteiger partial charge in [-0.2, -0.15) is 0 Å². The first-order valence-electron chi connectivity index (χ1n) is 7.92. The summed E-state index contributed by atoms with van der Waals surface area (Å²) in [7, 11) is 0. The van der Waals surface area contributed by atoms with E-state index in [0.29, 0.717) is 18.8 Å². The van der Waals surface area contributed by atoms with Crippen LogP contribution in [-0.2, 0) is 4.79 Å². The molecule has 4 amide bonds. The molecular formula is C17H15N5O3. The number of imide groups is 1.